The molecule has 132 valence electrons. The number of likely N-dealkylation sites (tertiary alicyclic amines) is 1. The van der Waals surface area contributed by atoms with Gasteiger partial charge in [0.25, 0.3) is 0 Å². The molecule has 0 bridgehead atoms. The number of halogens is 1. The molecule has 5 nitrogen and oxygen atoms in total. The molecule has 1 heterocycles. The largest absolute Gasteiger partial charge is 0.381 e. The zero-order valence-corrected chi connectivity index (χ0v) is 14.2. The van der Waals surface area contributed by atoms with Crippen LogP contribution in [0.4, 0.5) is 4.39 Å². The second-order valence-corrected chi connectivity index (χ2v) is 8.12. The number of hydrogen-bond acceptors (Lipinski definition) is 4. The number of alkyl halides is 1. The molecule has 24 heavy (non-hydrogen) atoms. The van der Waals surface area contributed by atoms with Gasteiger partial charge in [-0.15, -0.1) is 0 Å². The molecular formula is C18H26FN3O2. The lowest BCUT2D eigenvalue weighted by atomic mass is 9.87. The average molecular weight is 335 g/mol. The molecule has 3 aliphatic carbocycles. The van der Waals surface area contributed by atoms with Crippen molar-refractivity contribution in [2.45, 2.75) is 62.9 Å². The summed E-state index contributed by atoms with van der Waals surface area (Å²) < 4.78 is 19.1. The monoisotopic (exact) mass is 335 g/mol. The van der Waals surface area contributed by atoms with E-state index in [1.54, 1.807) is 7.11 Å². The third kappa shape index (κ3) is 2.53. The minimum absolute atomic E-state index is 0.0648. The second kappa shape index (κ2) is 5.96. The van der Waals surface area contributed by atoms with E-state index >= 15 is 0 Å². The summed E-state index contributed by atoms with van der Waals surface area (Å²) in [5.74, 6) is 1.30. The van der Waals surface area contributed by atoms with Crippen LogP contribution in [-0.2, 0) is 9.53 Å². The van der Waals surface area contributed by atoms with Crippen molar-refractivity contribution in [1.29, 1.82) is 5.26 Å². The van der Waals surface area contributed by atoms with Gasteiger partial charge in [-0.2, -0.15) is 5.26 Å². The van der Waals surface area contributed by atoms with Gasteiger partial charge in [-0.3, -0.25) is 4.79 Å². The lowest BCUT2D eigenvalue weighted by Gasteiger charge is -2.27. The fourth-order valence-electron chi connectivity index (χ4n) is 5.67. The first kappa shape index (κ1) is 16.3. The Balaban J connectivity index is 1.34. The highest BCUT2D eigenvalue weighted by Crippen LogP contribution is 2.67. The van der Waals surface area contributed by atoms with Crippen LogP contribution in [0.25, 0.3) is 0 Å². The van der Waals surface area contributed by atoms with Crippen LogP contribution in [0.15, 0.2) is 0 Å². The molecule has 1 N–H and O–H groups in total. The van der Waals surface area contributed by atoms with Crippen molar-refractivity contribution in [3.8, 4) is 6.07 Å². The molecule has 3 saturated carbocycles. The lowest BCUT2D eigenvalue weighted by molar-refractivity contribution is -0.130. The van der Waals surface area contributed by atoms with Gasteiger partial charge in [-0.05, 0) is 49.4 Å². The lowest BCUT2D eigenvalue weighted by Crippen LogP contribution is -2.45. The van der Waals surface area contributed by atoms with E-state index in [1.165, 1.54) is 17.7 Å². The van der Waals surface area contributed by atoms with Crippen molar-refractivity contribution in [2.24, 2.45) is 17.3 Å². The Bertz CT molecular complexity index is 559. The SMILES string of the molecule is CO[C@@H]1C[C@@H]2CC(NCC(=O)N3C[C@@H](F)CC3C#N)C3(CC3)[C@@H]2C1. The van der Waals surface area contributed by atoms with Crippen molar-refractivity contribution >= 4 is 5.91 Å². The first-order valence-corrected chi connectivity index (χ1v) is 9.16. The summed E-state index contributed by atoms with van der Waals surface area (Å²) in [4.78, 5) is 13.8. The van der Waals surface area contributed by atoms with Crippen LogP contribution < -0.4 is 5.32 Å². The van der Waals surface area contributed by atoms with Gasteiger partial charge in [-0.25, -0.2) is 4.39 Å². The Hall–Kier alpha value is -1.19. The van der Waals surface area contributed by atoms with Crippen LogP contribution in [-0.4, -0.2) is 55.4 Å². The number of amides is 1. The number of carbonyl (C=O) groups is 1. The molecule has 4 rings (SSSR count). The van der Waals surface area contributed by atoms with E-state index in [4.69, 9.17) is 10.00 Å². The molecule has 6 heteroatoms. The molecule has 4 aliphatic rings. The zero-order valence-electron chi connectivity index (χ0n) is 14.2. The Morgan fingerprint density at radius 1 is 1.38 bits per heavy atom. The normalized spacial score (nSPS) is 42.3. The van der Waals surface area contributed by atoms with Gasteiger partial charge in [-0.1, -0.05) is 0 Å². The summed E-state index contributed by atoms with van der Waals surface area (Å²) in [6.07, 6.45) is 5.39. The van der Waals surface area contributed by atoms with Gasteiger partial charge in [0.05, 0.1) is 25.3 Å². The van der Waals surface area contributed by atoms with Gasteiger partial charge in [0, 0.05) is 19.6 Å². The van der Waals surface area contributed by atoms with Crippen LogP contribution in [0.1, 0.15) is 38.5 Å². The number of ether oxygens (including phenoxy) is 1. The topological polar surface area (TPSA) is 65.4 Å². The molecule has 4 fully saturated rings. The number of fused-ring (bicyclic) bond motifs is 2. The van der Waals surface area contributed by atoms with Crippen LogP contribution >= 0.6 is 0 Å². The Morgan fingerprint density at radius 2 is 2.17 bits per heavy atom. The second-order valence-electron chi connectivity index (χ2n) is 8.12. The summed E-state index contributed by atoms with van der Waals surface area (Å²) in [6, 6.07) is 1.83. The first-order valence-electron chi connectivity index (χ1n) is 9.16. The predicted molar refractivity (Wildman–Crippen MR) is 85.7 cm³/mol. The molecule has 1 spiro atoms. The molecule has 0 aromatic rings. The molecule has 0 aromatic heterocycles. The highest BCUT2D eigenvalue weighted by atomic mass is 19.1. The summed E-state index contributed by atoms with van der Waals surface area (Å²) in [7, 11) is 1.81. The van der Waals surface area contributed by atoms with Crippen LogP contribution in [0.5, 0.6) is 0 Å². The maximum Gasteiger partial charge on any atom is 0.237 e. The van der Waals surface area contributed by atoms with Gasteiger partial charge >= 0.3 is 0 Å². The fraction of sp³-hybridized carbons (Fsp3) is 0.889. The smallest absolute Gasteiger partial charge is 0.237 e. The van der Waals surface area contributed by atoms with Crippen molar-refractivity contribution in [3.05, 3.63) is 0 Å². The van der Waals surface area contributed by atoms with Gasteiger partial charge in [0.2, 0.25) is 5.91 Å². The molecule has 1 amide bonds. The van der Waals surface area contributed by atoms with Gasteiger partial charge in [0.15, 0.2) is 0 Å². The van der Waals surface area contributed by atoms with Crippen molar-refractivity contribution < 1.29 is 13.9 Å². The van der Waals surface area contributed by atoms with E-state index in [-0.39, 0.29) is 25.4 Å². The minimum atomic E-state index is -1.06. The van der Waals surface area contributed by atoms with E-state index in [1.807, 2.05) is 6.07 Å². The molecule has 0 aromatic carbocycles. The number of nitrogens with one attached hydrogen (secondary N) is 1. The standard InChI is InChI=1S/C18H26FN3O2/c1-24-14-4-11-5-16(18(2-3-18)15(11)7-14)21-9-17(23)22-10-12(19)6-13(22)8-20/h11-16,21H,2-7,9-10H2,1H3/t11-,12+,13?,14-,15-,16?/m1/s1. The maximum atomic E-state index is 13.5. The molecule has 6 atom stereocenters. The zero-order chi connectivity index (χ0) is 16.9. The molecular weight excluding hydrogens is 309 g/mol. The van der Waals surface area contributed by atoms with Crippen molar-refractivity contribution in [2.75, 3.05) is 20.2 Å². The molecule has 1 saturated heterocycles. The Kier molecular flexibility index (Phi) is 4.04. The van der Waals surface area contributed by atoms with Crippen LogP contribution in [0.3, 0.4) is 0 Å². The number of hydrogen-bond donors (Lipinski definition) is 1. The predicted octanol–water partition coefficient (Wildman–Crippen LogP) is 1.63. The average Bonchev–Trinajstić information content (AvgIpc) is 3.00. The summed E-state index contributed by atoms with van der Waals surface area (Å²) in [6.45, 7) is 0.291. The van der Waals surface area contributed by atoms with Gasteiger partial charge in [0.1, 0.15) is 12.2 Å². The summed E-state index contributed by atoms with van der Waals surface area (Å²) >= 11 is 0. The number of nitriles is 1. The summed E-state index contributed by atoms with van der Waals surface area (Å²) in [5, 5.41) is 12.6. The minimum Gasteiger partial charge on any atom is -0.381 e. The summed E-state index contributed by atoms with van der Waals surface area (Å²) in [5.41, 5.74) is 0.362. The van der Waals surface area contributed by atoms with E-state index in [0.29, 0.717) is 23.5 Å². The number of carbonyl (C=O) groups excluding carboxylic acids is 1. The van der Waals surface area contributed by atoms with E-state index in [0.717, 1.165) is 25.2 Å². The first-order chi connectivity index (χ1) is 11.6. The van der Waals surface area contributed by atoms with Crippen molar-refractivity contribution in [3.63, 3.8) is 0 Å². The third-order valence-corrected chi connectivity index (χ3v) is 7.00. The van der Waals surface area contributed by atoms with E-state index in [9.17, 15) is 9.18 Å². The highest BCUT2D eigenvalue weighted by Gasteiger charge is 2.63. The third-order valence-electron chi connectivity index (χ3n) is 7.00. The Labute approximate surface area is 142 Å². The number of nitrogens with zero attached hydrogens (tertiary/aromatic N) is 2. The quantitative estimate of drug-likeness (QED) is 0.848. The molecule has 0 radical (unpaired) electrons. The molecule has 2 unspecified atom stereocenters. The highest BCUT2D eigenvalue weighted by molar-refractivity contribution is 5.79. The number of methoxy groups -OCH3 is 1. The van der Waals surface area contributed by atoms with Crippen LogP contribution in [0.2, 0.25) is 0 Å². The van der Waals surface area contributed by atoms with Gasteiger partial charge < -0.3 is 15.0 Å². The maximum absolute atomic E-state index is 13.5. The van der Waals surface area contributed by atoms with E-state index in [2.05, 4.69) is 5.32 Å². The Morgan fingerprint density at radius 3 is 2.83 bits per heavy atom. The van der Waals surface area contributed by atoms with Crippen LogP contribution in [0, 0.1) is 28.6 Å². The van der Waals surface area contributed by atoms with Crippen molar-refractivity contribution in [1.82, 2.24) is 10.2 Å². The molecule has 1 aliphatic heterocycles. The number of rotatable bonds is 4. The van der Waals surface area contributed by atoms with E-state index < -0.39 is 12.2 Å². The fourth-order valence-corrected chi connectivity index (χ4v) is 5.67.